The molecule has 0 spiro atoms. The Bertz CT molecular complexity index is 647. The van der Waals surface area contributed by atoms with Crippen molar-refractivity contribution in [2.45, 2.75) is 43.5 Å². The van der Waals surface area contributed by atoms with Gasteiger partial charge in [-0.2, -0.15) is 0 Å². The summed E-state index contributed by atoms with van der Waals surface area (Å²) >= 11 is 0. The zero-order valence-electron chi connectivity index (χ0n) is 11.9. The lowest BCUT2D eigenvalue weighted by Gasteiger charge is -2.28. The van der Waals surface area contributed by atoms with E-state index < -0.39 is 26.6 Å². The van der Waals surface area contributed by atoms with Gasteiger partial charge in [0, 0.05) is 12.1 Å². The second kappa shape index (κ2) is 5.32. The number of hydrogen-bond donors (Lipinski definition) is 1. The molecule has 0 saturated heterocycles. The second-order valence-corrected chi connectivity index (χ2v) is 8.01. The Labute approximate surface area is 123 Å². The molecule has 3 nitrogen and oxygen atoms in total. The number of rotatable bonds is 4. The standard InChI is InChI=1S/C15H19F2NO2S/c1-9(13-7-10-2-3-11(13)6-10)18-21(19,20)15-5-4-12(16)8-14(15)17/h4-5,8-11,13,18H,2-3,6-7H2,1H3. The molecule has 4 unspecified atom stereocenters. The molecule has 116 valence electrons. The van der Waals surface area contributed by atoms with Gasteiger partial charge in [-0.1, -0.05) is 6.42 Å². The minimum Gasteiger partial charge on any atom is -0.208 e. The van der Waals surface area contributed by atoms with Crippen LogP contribution < -0.4 is 4.72 Å². The first kappa shape index (κ1) is 14.9. The summed E-state index contributed by atoms with van der Waals surface area (Å²) in [6, 6.07) is 2.30. The number of nitrogens with one attached hydrogen (secondary N) is 1. The first-order valence-electron chi connectivity index (χ1n) is 7.34. The maximum Gasteiger partial charge on any atom is 0.243 e. The highest BCUT2D eigenvalue weighted by Crippen LogP contribution is 2.49. The zero-order chi connectivity index (χ0) is 15.2. The Balaban J connectivity index is 1.76. The van der Waals surface area contributed by atoms with Crippen molar-refractivity contribution >= 4 is 10.0 Å². The van der Waals surface area contributed by atoms with Crippen LogP contribution in [0.5, 0.6) is 0 Å². The Morgan fingerprint density at radius 1 is 1.24 bits per heavy atom. The Morgan fingerprint density at radius 3 is 2.57 bits per heavy atom. The van der Waals surface area contributed by atoms with Gasteiger partial charge in [-0.05, 0) is 56.1 Å². The smallest absolute Gasteiger partial charge is 0.208 e. The Hall–Kier alpha value is -1.01. The van der Waals surface area contributed by atoms with Crippen LogP contribution in [0.4, 0.5) is 8.78 Å². The lowest BCUT2D eigenvalue weighted by atomic mass is 9.84. The van der Waals surface area contributed by atoms with Crippen molar-refractivity contribution < 1.29 is 17.2 Å². The molecular weight excluding hydrogens is 296 g/mol. The van der Waals surface area contributed by atoms with Crippen LogP contribution in [0.15, 0.2) is 23.1 Å². The molecule has 3 rings (SSSR count). The molecule has 2 aliphatic carbocycles. The summed E-state index contributed by atoms with van der Waals surface area (Å²) in [4.78, 5) is -0.487. The van der Waals surface area contributed by atoms with Crippen LogP contribution in [0.1, 0.15) is 32.6 Å². The molecule has 2 bridgehead atoms. The summed E-state index contributed by atoms with van der Waals surface area (Å²) in [5.41, 5.74) is 0. The second-order valence-electron chi connectivity index (χ2n) is 6.32. The molecular formula is C15H19F2NO2S. The van der Waals surface area contributed by atoms with Gasteiger partial charge in [-0.3, -0.25) is 0 Å². The fourth-order valence-electron chi connectivity index (χ4n) is 4.00. The van der Waals surface area contributed by atoms with Crippen molar-refractivity contribution in [3.63, 3.8) is 0 Å². The fraction of sp³-hybridized carbons (Fsp3) is 0.600. The maximum absolute atomic E-state index is 13.7. The van der Waals surface area contributed by atoms with Gasteiger partial charge in [0.25, 0.3) is 0 Å². The minimum absolute atomic E-state index is 0.227. The topological polar surface area (TPSA) is 46.2 Å². The largest absolute Gasteiger partial charge is 0.243 e. The lowest BCUT2D eigenvalue weighted by Crippen LogP contribution is -2.40. The number of sulfonamides is 1. The summed E-state index contributed by atoms with van der Waals surface area (Å²) in [5, 5.41) is 0. The van der Waals surface area contributed by atoms with E-state index in [1.54, 1.807) is 0 Å². The fourth-order valence-corrected chi connectivity index (χ4v) is 5.35. The van der Waals surface area contributed by atoms with Crippen LogP contribution in [0, 0.1) is 29.4 Å². The Morgan fingerprint density at radius 2 is 2.00 bits per heavy atom. The summed E-state index contributed by atoms with van der Waals surface area (Å²) in [6.45, 7) is 1.84. The molecule has 0 heterocycles. The molecule has 21 heavy (non-hydrogen) atoms. The van der Waals surface area contributed by atoms with Crippen LogP contribution in [0.25, 0.3) is 0 Å². The van der Waals surface area contributed by atoms with Crippen molar-refractivity contribution in [1.29, 1.82) is 0 Å². The van der Waals surface area contributed by atoms with Crippen LogP contribution in [0.3, 0.4) is 0 Å². The first-order chi connectivity index (χ1) is 9.87. The Kier molecular flexibility index (Phi) is 3.78. The first-order valence-corrected chi connectivity index (χ1v) is 8.82. The molecule has 0 aromatic heterocycles. The van der Waals surface area contributed by atoms with Crippen LogP contribution >= 0.6 is 0 Å². The van der Waals surface area contributed by atoms with E-state index in [-0.39, 0.29) is 6.04 Å². The number of benzene rings is 1. The van der Waals surface area contributed by atoms with Crippen LogP contribution in [0.2, 0.25) is 0 Å². The summed E-state index contributed by atoms with van der Waals surface area (Å²) in [7, 11) is -3.95. The van der Waals surface area contributed by atoms with Crippen LogP contribution in [-0.4, -0.2) is 14.5 Å². The van der Waals surface area contributed by atoms with E-state index in [1.165, 1.54) is 12.8 Å². The van der Waals surface area contributed by atoms with E-state index in [0.717, 1.165) is 30.9 Å². The van der Waals surface area contributed by atoms with Crippen molar-refractivity contribution in [2.75, 3.05) is 0 Å². The molecule has 2 fully saturated rings. The third-order valence-corrected chi connectivity index (χ3v) is 6.55. The third-order valence-electron chi connectivity index (χ3n) is 4.96. The van der Waals surface area contributed by atoms with Gasteiger partial charge in [0.05, 0.1) is 0 Å². The average molecular weight is 315 g/mol. The quantitative estimate of drug-likeness (QED) is 0.928. The van der Waals surface area contributed by atoms with E-state index in [1.807, 2.05) is 6.92 Å². The average Bonchev–Trinajstić information content (AvgIpc) is 2.99. The highest BCUT2D eigenvalue weighted by molar-refractivity contribution is 7.89. The van der Waals surface area contributed by atoms with Gasteiger partial charge < -0.3 is 0 Å². The van der Waals surface area contributed by atoms with Gasteiger partial charge in [-0.15, -0.1) is 0 Å². The monoisotopic (exact) mass is 315 g/mol. The van der Waals surface area contributed by atoms with Gasteiger partial charge in [-0.25, -0.2) is 21.9 Å². The van der Waals surface area contributed by atoms with E-state index in [2.05, 4.69) is 4.72 Å². The molecule has 6 heteroatoms. The van der Waals surface area contributed by atoms with E-state index in [4.69, 9.17) is 0 Å². The molecule has 0 amide bonds. The van der Waals surface area contributed by atoms with E-state index in [9.17, 15) is 17.2 Å². The maximum atomic E-state index is 13.7. The molecule has 1 aromatic carbocycles. The van der Waals surface area contributed by atoms with Gasteiger partial charge in [0.15, 0.2) is 0 Å². The molecule has 0 aliphatic heterocycles. The predicted octanol–water partition coefficient (Wildman–Crippen LogP) is 3.07. The number of hydrogen-bond acceptors (Lipinski definition) is 2. The highest BCUT2D eigenvalue weighted by Gasteiger charge is 2.42. The van der Waals surface area contributed by atoms with Crippen LogP contribution in [-0.2, 0) is 10.0 Å². The summed E-state index contributed by atoms with van der Waals surface area (Å²) < 4.78 is 53.7. The van der Waals surface area contributed by atoms with E-state index >= 15 is 0 Å². The molecule has 1 aromatic rings. The molecule has 0 radical (unpaired) electrons. The number of fused-ring (bicyclic) bond motifs is 2. The lowest BCUT2D eigenvalue weighted by molar-refractivity contribution is 0.280. The van der Waals surface area contributed by atoms with Crippen molar-refractivity contribution in [2.24, 2.45) is 17.8 Å². The molecule has 1 N–H and O–H groups in total. The zero-order valence-corrected chi connectivity index (χ0v) is 12.7. The third kappa shape index (κ3) is 2.83. The SMILES string of the molecule is CC(NS(=O)(=O)c1ccc(F)cc1F)C1CC2CCC1C2. The molecule has 2 saturated carbocycles. The predicted molar refractivity (Wildman–Crippen MR) is 75.1 cm³/mol. The van der Waals surface area contributed by atoms with Crippen molar-refractivity contribution in [1.82, 2.24) is 4.72 Å². The highest BCUT2D eigenvalue weighted by atomic mass is 32.2. The van der Waals surface area contributed by atoms with Crippen molar-refractivity contribution in [3.05, 3.63) is 29.8 Å². The molecule has 4 atom stereocenters. The van der Waals surface area contributed by atoms with Gasteiger partial charge in [0.1, 0.15) is 16.5 Å². The van der Waals surface area contributed by atoms with Crippen molar-refractivity contribution in [3.8, 4) is 0 Å². The van der Waals surface area contributed by atoms with Gasteiger partial charge >= 0.3 is 0 Å². The summed E-state index contributed by atoms with van der Waals surface area (Å²) in [5.74, 6) is -0.224. The minimum atomic E-state index is -3.95. The molecule has 2 aliphatic rings. The summed E-state index contributed by atoms with van der Waals surface area (Å²) in [6.07, 6.45) is 4.63. The van der Waals surface area contributed by atoms with E-state index in [0.29, 0.717) is 17.9 Å². The normalized spacial score (nSPS) is 29.8. The number of halogens is 2. The van der Waals surface area contributed by atoms with Gasteiger partial charge in [0.2, 0.25) is 10.0 Å².